The Morgan fingerprint density at radius 3 is 2.00 bits per heavy atom. The first-order valence-corrected chi connectivity index (χ1v) is 12.7. The highest BCUT2D eigenvalue weighted by Gasteiger charge is 2.29. The number of terminal acetylenes is 1. The lowest BCUT2D eigenvalue weighted by Crippen LogP contribution is -2.54. The molecule has 4 aromatic carbocycles. The van der Waals surface area contributed by atoms with Crippen LogP contribution in [0.2, 0.25) is 0 Å². The van der Waals surface area contributed by atoms with E-state index in [2.05, 4.69) is 10.8 Å². The summed E-state index contributed by atoms with van der Waals surface area (Å²) in [6, 6.07) is 27.2. The minimum Gasteiger partial charge on any atom is -0.508 e. The lowest BCUT2D eigenvalue weighted by atomic mass is 9.96. The van der Waals surface area contributed by atoms with Crippen molar-refractivity contribution in [3.05, 3.63) is 108 Å². The molecule has 1 amide bonds. The molecule has 0 spiro atoms. The number of aromatic carboxylic acids is 1. The fourth-order valence-electron chi connectivity index (χ4n) is 5.03. The first-order valence-electron chi connectivity index (χ1n) is 12.7. The number of phenolic OH excluding ortho intramolecular Hbond substituents is 1. The van der Waals surface area contributed by atoms with Gasteiger partial charge in [-0.15, -0.1) is 6.42 Å². The number of nitrogens with zero attached hydrogens (tertiary/aromatic N) is 2. The van der Waals surface area contributed by atoms with Crippen molar-refractivity contribution < 1.29 is 19.8 Å². The summed E-state index contributed by atoms with van der Waals surface area (Å²) in [5, 5.41) is 19.2. The summed E-state index contributed by atoms with van der Waals surface area (Å²) in [5.74, 6) is 1.77. The van der Waals surface area contributed by atoms with Gasteiger partial charge in [0.15, 0.2) is 0 Å². The Balaban J connectivity index is 1.41. The van der Waals surface area contributed by atoms with Gasteiger partial charge in [0.2, 0.25) is 0 Å². The number of hydrogen-bond acceptors (Lipinski definition) is 4. The number of piperazine rings is 1. The third-order valence-electron chi connectivity index (χ3n) is 7.17. The molecule has 4 aromatic rings. The molecule has 1 aliphatic rings. The van der Waals surface area contributed by atoms with Gasteiger partial charge in [0.05, 0.1) is 5.56 Å². The number of amides is 1. The number of carbonyl (C=O) groups excluding carboxylic acids is 1. The van der Waals surface area contributed by atoms with Gasteiger partial charge in [-0.25, -0.2) is 4.79 Å². The van der Waals surface area contributed by atoms with Crippen LogP contribution < -0.4 is 4.90 Å². The van der Waals surface area contributed by atoms with E-state index in [4.69, 9.17) is 6.42 Å². The summed E-state index contributed by atoms with van der Waals surface area (Å²) in [5.41, 5.74) is 6.17. The molecule has 0 saturated carbocycles. The number of carboxylic acid groups (broad SMARTS) is 1. The lowest BCUT2D eigenvalue weighted by Gasteiger charge is -2.41. The Hall–Kier alpha value is -5.02. The highest BCUT2D eigenvalue weighted by molar-refractivity contribution is 5.95. The summed E-state index contributed by atoms with van der Waals surface area (Å²) in [6.07, 6.45) is 5.44. The zero-order valence-electron chi connectivity index (χ0n) is 21.5. The van der Waals surface area contributed by atoms with E-state index in [9.17, 15) is 19.8 Å². The van der Waals surface area contributed by atoms with Gasteiger partial charge >= 0.3 is 5.97 Å². The smallest absolute Gasteiger partial charge is 0.335 e. The van der Waals surface area contributed by atoms with Crippen LogP contribution in [0.15, 0.2) is 91.0 Å². The summed E-state index contributed by atoms with van der Waals surface area (Å²) >= 11 is 0. The molecule has 1 aliphatic heterocycles. The largest absolute Gasteiger partial charge is 0.508 e. The molecule has 0 radical (unpaired) electrons. The number of anilines is 1. The van der Waals surface area contributed by atoms with Crippen LogP contribution >= 0.6 is 0 Å². The first-order chi connectivity index (χ1) is 18.8. The molecule has 1 fully saturated rings. The average Bonchev–Trinajstić information content (AvgIpc) is 2.97. The van der Waals surface area contributed by atoms with Gasteiger partial charge in [-0.3, -0.25) is 4.79 Å². The highest BCUT2D eigenvalue weighted by atomic mass is 16.4. The Labute approximate surface area is 227 Å². The third kappa shape index (κ3) is 5.34. The van der Waals surface area contributed by atoms with E-state index < -0.39 is 5.97 Å². The molecule has 6 nitrogen and oxygen atoms in total. The van der Waals surface area contributed by atoms with E-state index in [1.807, 2.05) is 54.3 Å². The van der Waals surface area contributed by atoms with Gasteiger partial charge in [0.1, 0.15) is 5.75 Å². The number of aromatic hydroxyl groups is 1. The maximum absolute atomic E-state index is 13.2. The van der Waals surface area contributed by atoms with E-state index in [0.717, 1.165) is 33.5 Å². The molecule has 0 aliphatic carbocycles. The number of carboxylic acids is 1. The monoisotopic (exact) mass is 516 g/mol. The number of phenols is 1. The molecule has 0 bridgehead atoms. The van der Waals surface area contributed by atoms with Crippen molar-refractivity contribution in [2.24, 2.45) is 0 Å². The van der Waals surface area contributed by atoms with Crippen LogP contribution in [-0.4, -0.2) is 52.7 Å². The summed E-state index contributed by atoms with van der Waals surface area (Å²) in [7, 11) is 0. The number of hydrogen-bond donors (Lipinski definition) is 2. The fourth-order valence-corrected chi connectivity index (χ4v) is 5.03. The Morgan fingerprint density at radius 2 is 1.41 bits per heavy atom. The molecule has 1 saturated heterocycles. The summed E-state index contributed by atoms with van der Waals surface area (Å²) in [6.45, 7) is 3.79. The van der Waals surface area contributed by atoms with E-state index >= 15 is 0 Å². The maximum Gasteiger partial charge on any atom is 0.335 e. The van der Waals surface area contributed by atoms with Gasteiger partial charge in [-0.05, 0) is 78.2 Å². The van der Waals surface area contributed by atoms with E-state index in [1.165, 1.54) is 0 Å². The van der Waals surface area contributed by atoms with Crippen molar-refractivity contribution in [3.63, 3.8) is 0 Å². The van der Waals surface area contributed by atoms with E-state index in [1.54, 1.807) is 48.5 Å². The van der Waals surface area contributed by atoms with Crippen molar-refractivity contribution in [2.75, 3.05) is 24.5 Å². The topological polar surface area (TPSA) is 81.1 Å². The van der Waals surface area contributed by atoms with Crippen LogP contribution in [0.1, 0.15) is 33.2 Å². The van der Waals surface area contributed by atoms with E-state index in [0.29, 0.717) is 25.2 Å². The second-order valence-corrected chi connectivity index (χ2v) is 9.68. The third-order valence-corrected chi connectivity index (χ3v) is 7.17. The van der Waals surface area contributed by atoms with Crippen LogP contribution in [0, 0.1) is 12.3 Å². The second kappa shape index (κ2) is 10.8. The predicted molar refractivity (Wildman–Crippen MR) is 153 cm³/mol. The van der Waals surface area contributed by atoms with Crippen molar-refractivity contribution in [1.82, 2.24) is 4.90 Å². The molecular formula is C33H28N2O4. The number of benzene rings is 4. The minimum atomic E-state index is -0.983. The number of rotatable bonds is 5. The zero-order valence-corrected chi connectivity index (χ0v) is 21.5. The summed E-state index contributed by atoms with van der Waals surface area (Å²) in [4.78, 5) is 29.1. The van der Waals surface area contributed by atoms with Crippen molar-refractivity contribution in [2.45, 2.75) is 13.0 Å². The van der Waals surface area contributed by atoms with Crippen molar-refractivity contribution in [1.29, 1.82) is 0 Å². The quantitative estimate of drug-likeness (QED) is 0.330. The van der Waals surface area contributed by atoms with Crippen molar-refractivity contribution in [3.8, 4) is 40.3 Å². The summed E-state index contributed by atoms with van der Waals surface area (Å²) < 4.78 is 0. The van der Waals surface area contributed by atoms with Crippen LogP contribution in [0.25, 0.3) is 22.3 Å². The predicted octanol–water partition coefficient (Wildman–Crippen LogP) is 5.76. The number of carbonyl (C=O) groups is 2. The van der Waals surface area contributed by atoms with E-state index in [-0.39, 0.29) is 23.3 Å². The molecule has 194 valence electrons. The molecular weight excluding hydrogens is 488 g/mol. The standard InChI is InChI=1S/C33H28N2O4/c1-3-23-4-6-27(7-5-23)32(37)35-19-18-34(21-22(35)2)31-17-14-28(33(38)39)20-30(31)26-10-8-24(9-11-26)25-12-15-29(36)16-13-25/h1,4-17,20,22,36H,18-19,21H2,2H3,(H,38,39)/t22-/m0/s1. The van der Waals surface area contributed by atoms with Gasteiger partial charge in [0, 0.05) is 48.1 Å². The maximum atomic E-state index is 13.2. The normalized spacial score (nSPS) is 15.0. The Kier molecular flexibility index (Phi) is 7.07. The van der Waals surface area contributed by atoms with Gasteiger partial charge in [-0.1, -0.05) is 42.3 Å². The molecule has 1 atom stereocenters. The Morgan fingerprint density at radius 1 is 0.821 bits per heavy atom. The average molecular weight is 517 g/mol. The van der Waals surface area contributed by atoms with Crippen LogP contribution in [0.5, 0.6) is 5.75 Å². The van der Waals surface area contributed by atoms with Crippen molar-refractivity contribution >= 4 is 17.6 Å². The Bertz CT molecular complexity index is 1550. The molecule has 0 unspecified atom stereocenters. The molecule has 2 N–H and O–H groups in total. The highest BCUT2D eigenvalue weighted by Crippen LogP contribution is 2.35. The SMILES string of the molecule is C#Cc1ccc(C(=O)N2CCN(c3ccc(C(=O)O)cc3-c3ccc(-c4ccc(O)cc4)cc3)C[C@@H]2C)cc1. The molecule has 0 aromatic heterocycles. The van der Waals surface area contributed by atoms with Crippen LogP contribution in [0.4, 0.5) is 5.69 Å². The lowest BCUT2D eigenvalue weighted by molar-refractivity contribution is 0.0670. The first kappa shape index (κ1) is 25.6. The fraction of sp³-hybridized carbons (Fsp3) is 0.152. The molecule has 6 heteroatoms. The molecule has 1 heterocycles. The van der Waals surface area contributed by atoms with Crippen LogP contribution in [-0.2, 0) is 0 Å². The molecule has 5 rings (SSSR count). The van der Waals surface area contributed by atoms with Crippen LogP contribution in [0.3, 0.4) is 0 Å². The van der Waals surface area contributed by atoms with Gasteiger partial charge in [-0.2, -0.15) is 0 Å². The zero-order chi connectivity index (χ0) is 27.5. The second-order valence-electron chi connectivity index (χ2n) is 9.68. The minimum absolute atomic E-state index is 0.0306. The van der Waals surface area contributed by atoms with Gasteiger partial charge < -0.3 is 20.0 Å². The van der Waals surface area contributed by atoms with Gasteiger partial charge in [0.25, 0.3) is 5.91 Å². The molecule has 39 heavy (non-hydrogen) atoms.